The fourth-order valence-corrected chi connectivity index (χ4v) is 4.25. The van der Waals surface area contributed by atoms with E-state index in [2.05, 4.69) is 13.8 Å². The first kappa shape index (κ1) is 15.9. The Bertz CT molecular complexity index is 473. The van der Waals surface area contributed by atoms with Crippen LogP contribution in [0.3, 0.4) is 0 Å². The fraction of sp³-hybridized carbons (Fsp3) is 0.882. The molecule has 3 aliphatic rings. The monoisotopic (exact) mass is 310 g/mol. The zero-order chi connectivity index (χ0) is 16.0. The minimum absolute atomic E-state index is 0.0249. The summed E-state index contributed by atoms with van der Waals surface area (Å²) in [4.78, 5) is 25.1. The van der Waals surface area contributed by atoms with Crippen LogP contribution in [-0.2, 0) is 23.8 Å². The molecule has 0 aromatic heterocycles. The first-order valence-corrected chi connectivity index (χ1v) is 8.35. The zero-order valence-corrected chi connectivity index (χ0v) is 13.8. The summed E-state index contributed by atoms with van der Waals surface area (Å²) in [5.74, 6) is -1.87. The number of rotatable bonds is 2. The molecule has 22 heavy (non-hydrogen) atoms. The van der Waals surface area contributed by atoms with Gasteiger partial charge in [-0.05, 0) is 32.6 Å². The lowest BCUT2D eigenvalue weighted by Gasteiger charge is -2.48. The maximum Gasteiger partial charge on any atom is 0.316 e. The summed E-state index contributed by atoms with van der Waals surface area (Å²) in [5.41, 5.74) is -0.682. The van der Waals surface area contributed by atoms with Gasteiger partial charge in [-0.3, -0.25) is 9.59 Å². The van der Waals surface area contributed by atoms with Crippen LogP contribution < -0.4 is 0 Å². The third-order valence-corrected chi connectivity index (χ3v) is 5.45. The highest BCUT2D eigenvalue weighted by molar-refractivity contribution is 6.04. The Labute approximate surface area is 131 Å². The van der Waals surface area contributed by atoms with Crippen molar-refractivity contribution >= 4 is 11.8 Å². The van der Waals surface area contributed by atoms with Gasteiger partial charge in [0, 0.05) is 11.8 Å². The minimum atomic E-state index is -0.819. The number of Topliss-reactive ketones (excluding diaryl/α,β-unsaturated/α-hetero) is 1. The standard InChI is InChI=1S/C17H26O5/c1-4-20-14(19)12-6-9-16(13(12)18)7-5-8-17(16)21-10-15(2,3)11-22-17/h12H,4-11H2,1-3H3/t12?,16-/m0/s1. The highest BCUT2D eigenvalue weighted by Crippen LogP contribution is 2.59. The first-order valence-electron chi connectivity index (χ1n) is 8.35. The van der Waals surface area contributed by atoms with Gasteiger partial charge in [-0.1, -0.05) is 13.8 Å². The Morgan fingerprint density at radius 3 is 2.55 bits per heavy atom. The molecule has 0 aromatic carbocycles. The molecule has 1 unspecified atom stereocenters. The van der Waals surface area contributed by atoms with E-state index in [0.29, 0.717) is 32.7 Å². The van der Waals surface area contributed by atoms with Gasteiger partial charge in [0.15, 0.2) is 11.6 Å². The zero-order valence-electron chi connectivity index (χ0n) is 13.8. The van der Waals surface area contributed by atoms with Crippen molar-refractivity contribution in [1.82, 2.24) is 0 Å². The molecule has 2 saturated carbocycles. The highest BCUT2D eigenvalue weighted by atomic mass is 16.7. The Hall–Kier alpha value is -0.940. The van der Waals surface area contributed by atoms with Gasteiger partial charge in [0.05, 0.1) is 25.2 Å². The second-order valence-corrected chi connectivity index (χ2v) is 7.64. The number of carbonyl (C=O) groups excluding carboxylic acids is 2. The average molecular weight is 310 g/mol. The van der Waals surface area contributed by atoms with Crippen LogP contribution in [0.2, 0.25) is 0 Å². The number of hydrogen-bond donors (Lipinski definition) is 0. The molecule has 0 aromatic rings. The number of hydrogen-bond acceptors (Lipinski definition) is 5. The molecule has 3 rings (SSSR count). The molecule has 1 heterocycles. The summed E-state index contributed by atoms with van der Waals surface area (Å²) >= 11 is 0. The summed E-state index contributed by atoms with van der Waals surface area (Å²) in [5, 5.41) is 0. The van der Waals surface area contributed by atoms with E-state index in [0.717, 1.165) is 19.3 Å². The molecule has 0 bridgehead atoms. The van der Waals surface area contributed by atoms with E-state index in [1.54, 1.807) is 6.92 Å². The Kier molecular flexibility index (Phi) is 3.84. The van der Waals surface area contributed by atoms with Gasteiger partial charge in [0.25, 0.3) is 0 Å². The number of esters is 1. The van der Waals surface area contributed by atoms with Crippen molar-refractivity contribution in [2.24, 2.45) is 16.7 Å². The predicted molar refractivity (Wildman–Crippen MR) is 79.1 cm³/mol. The van der Waals surface area contributed by atoms with Crippen molar-refractivity contribution in [1.29, 1.82) is 0 Å². The van der Waals surface area contributed by atoms with Gasteiger partial charge in [-0.25, -0.2) is 0 Å². The smallest absolute Gasteiger partial charge is 0.316 e. The topological polar surface area (TPSA) is 61.8 Å². The second-order valence-electron chi connectivity index (χ2n) is 7.64. The fourth-order valence-electron chi connectivity index (χ4n) is 4.25. The lowest BCUT2D eigenvalue weighted by molar-refractivity contribution is -0.329. The van der Waals surface area contributed by atoms with E-state index in [4.69, 9.17) is 14.2 Å². The van der Waals surface area contributed by atoms with Crippen LogP contribution in [0.4, 0.5) is 0 Å². The third-order valence-electron chi connectivity index (χ3n) is 5.45. The molecule has 1 aliphatic heterocycles. The Morgan fingerprint density at radius 2 is 1.91 bits per heavy atom. The molecular formula is C17H26O5. The molecule has 3 fully saturated rings. The van der Waals surface area contributed by atoms with Crippen LogP contribution in [0.15, 0.2) is 0 Å². The summed E-state index contributed by atoms with van der Waals surface area (Å²) in [6.45, 7) is 7.44. The van der Waals surface area contributed by atoms with Crippen LogP contribution in [0.5, 0.6) is 0 Å². The largest absolute Gasteiger partial charge is 0.465 e. The minimum Gasteiger partial charge on any atom is -0.465 e. The maximum atomic E-state index is 13.0. The van der Waals surface area contributed by atoms with Gasteiger partial charge >= 0.3 is 5.97 Å². The van der Waals surface area contributed by atoms with E-state index in [1.165, 1.54) is 0 Å². The average Bonchev–Trinajstić information content (AvgIpc) is 2.99. The predicted octanol–water partition coefficient (Wildman–Crippen LogP) is 2.47. The van der Waals surface area contributed by atoms with Crippen molar-refractivity contribution < 1.29 is 23.8 Å². The molecule has 2 spiro atoms. The van der Waals surface area contributed by atoms with E-state index >= 15 is 0 Å². The highest BCUT2D eigenvalue weighted by Gasteiger charge is 2.67. The lowest BCUT2D eigenvalue weighted by Crippen LogP contribution is -2.57. The number of ether oxygens (including phenoxy) is 3. The molecular weight excluding hydrogens is 284 g/mol. The van der Waals surface area contributed by atoms with E-state index < -0.39 is 17.1 Å². The summed E-state index contributed by atoms with van der Waals surface area (Å²) in [6.07, 6.45) is 3.61. The van der Waals surface area contributed by atoms with Crippen LogP contribution in [0.25, 0.3) is 0 Å². The van der Waals surface area contributed by atoms with Gasteiger partial charge in [0.1, 0.15) is 5.92 Å². The van der Waals surface area contributed by atoms with Crippen molar-refractivity contribution in [3.8, 4) is 0 Å². The first-order chi connectivity index (χ1) is 10.4. The molecule has 1 saturated heterocycles. The van der Waals surface area contributed by atoms with Crippen LogP contribution >= 0.6 is 0 Å². The lowest BCUT2D eigenvalue weighted by atomic mass is 9.76. The van der Waals surface area contributed by atoms with E-state index in [1.807, 2.05) is 0 Å². The number of fused-ring (bicyclic) bond motifs is 1. The molecule has 0 radical (unpaired) electrons. The molecule has 5 nitrogen and oxygen atoms in total. The molecule has 0 amide bonds. The summed E-state index contributed by atoms with van der Waals surface area (Å²) in [7, 11) is 0. The number of ketones is 1. The second kappa shape index (κ2) is 5.31. The third kappa shape index (κ3) is 2.21. The van der Waals surface area contributed by atoms with Crippen molar-refractivity contribution in [2.45, 2.75) is 58.7 Å². The molecule has 124 valence electrons. The molecule has 2 atom stereocenters. The van der Waals surface area contributed by atoms with Gasteiger partial charge in [0.2, 0.25) is 0 Å². The maximum absolute atomic E-state index is 13.0. The quantitative estimate of drug-likeness (QED) is 0.579. The van der Waals surface area contributed by atoms with E-state index in [-0.39, 0.29) is 17.2 Å². The van der Waals surface area contributed by atoms with Crippen molar-refractivity contribution in [3.05, 3.63) is 0 Å². The number of carbonyl (C=O) groups is 2. The van der Waals surface area contributed by atoms with Crippen LogP contribution in [0, 0.1) is 16.7 Å². The SMILES string of the molecule is CCOC(=O)C1CC[C@@]2(CCCC23OCC(C)(C)CO3)C1=O. The van der Waals surface area contributed by atoms with Crippen molar-refractivity contribution in [3.63, 3.8) is 0 Å². The van der Waals surface area contributed by atoms with Crippen LogP contribution in [0.1, 0.15) is 52.9 Å². The molecule has 0 N–H and O–H groups in total. The van der Waals surface area contributed by atoms with Gasteiger partial charge in [-0.2, -0.15) is 0 Å². The Balaban J connectivity index is 1.84. The van der Waals surface area contributed by atoms with Crippen LogP contribution in [-0.4, -0.2) is 37.4 Å². The summed E-state index contributed by atoms with van der Waals surface area (Å²) < 4.78 is 17.4. The van der Waals surface area contributed by atoms with Gasteiger partial charge < -0.3 is 14.2 Å². The van der Waals surface area contributed by atoms with Gasteiger partial charge in [-0.15, -0.1) is 0 Å². The van der Waals surface area contributed by atoms with E-state index in [9.17, 15) is 9.59 Å². The Morgan fingerprint density at radius 1 is 1.23 bits per heavy atom. The summed E-state index contributed by atoms with van der Waals surface area (Å²) in [6, 6.07) is 0. The molecule has 2 aliphatic carbocycles. The normalized spacial score (nSPS) is 36.1. The molecule has 5 heteroatoms. The van der Waals surface area contributed by atoms with Crippen molar-refractivity contribution in [2.75, 3.05) is 19.8 Å².